The van der Waals surface area contributed by atoms with Gasteiger partial charge in [-0.15, -0.1) is 0 Å². The van der Waals surface area contributed by atoms with Crippen LogP contribution in [0.3, 0.4) is 0 Å². The molecule has 1 aromatic rings. The number of amides is 1. The number of likely N-dealkylation sites (N-methyl/N-ethyl adjacent to an activating group) is 1. The van der Waals surface area contributed by atoms with Gasteiger partial charge >= 0.3 is 0 Å². The maximum Gasteiger partial charge on any atom is 0.243 e. The Bertz CT molecular complexity index is 341. The van der Waals surface area contributed by atoms with Crippen molar-refractivity contribution in [1.29, 1.82) is 0 Å². The highest BCUT2D eigenvalue weighted by Gasteiger charge is 2.47. The monoisotopic (exact) mass is 208 g/mol. The molecule has 0 bridgehead atoms. The molecule has 1 aliphatic carbocycles. The molecule has 2 N–H and O–H groups in total. The summed E-state index contributed by atoms with van der Waals surface area (Å²) in [5, 5.41) is 0. The molecule has 0 spiro atoms. The molecule has 0 aliphatic heterocycles. The number of hydrogen-bond donors (Lipinski definition) is 1. The summed E-state index contributed by atoms with van der Waals surface area (Å²) in [5.74, 6) is 0.843. The van der Waals surface area contributed by atoms with Gasteiger partial charge in [0, 0.05) is 6.54 Å². The molecule has 2 rings (SSSR count). The van der Waals surface area contributed by atoms with Crippen LogP contribution in [0.15, 0.2) is 22.8 Å². The van der Waals surface area contributed by atoms with Gasteiger partial charge in [-0.2, -0.15) is 0 Å². The summed E-state index contributed by atoms with van der Waals surface area (Å²) >= 11 is 0. The van der Waals surface area contributed by atoms with Crippen molar-refractivity contribution in [3.05, 3.63) is 24.2 Å². The quantitative estimate of drug-likeness (QED) is 0.806. The molecule has 4 heteroatoms. The van der Waals surface area contributed by atoms with Gasteiger partial charge < -0.3 is 15.1 Å². The summed E-state index contributed by atoms with van der Waals surface area (Å²) in [6.45, 7) is 3.13. The van der Waals surface area contributed by atoms with E-state index in [9.17, 15) is 4.79 Å². The molecular formula is C11H16N2O2. The highest BCUT2D eigenvalue weighted by molar-refractivity contribution is 5.89. The van der Waals surface area contributed by atoms with Gasteiger partial charge in [0.2, 0.25) is 5.91 Å². The standard InChI is InChI=1S/C11H16N2O2/c1-2-13(8-9-4-3-7-15-9)10(14)11(12)5-6-11/h3-4,7H,2,5-6,8,12H2,1H3. The molecule has 1 amide bonds. The third-order valence-corrected chi connectivity index (χ3v) is 2.81. The van der Waals surface area contributed by atoms with Gasteiger partial charge in [0.15, 0.2) is 0 Å². The Hall–Kier alpha value is -1.29. The van der Waals surface area contributed by atoms with Crippen LogP contribution < -0.4 is 5.73 Å². The first kappa shape index (κ1) is 10.2. The van der Waals surface area contributed by atoms with Crippen LogP contribution in [0, 0.1) is 0 Å². The zero-order valence-electron chi connectivity index (χ0n) is 8.90. The van der Waals surface area contributed by atoms with Crippen molar-refractivity contribution in [2.45, 2.75) is 31.8 Å². The minimum Gasteiger partial charge on any atom is -0.467 e. The Morgan fingerprint density at radius 3 is 2.87 bits per heavy atom. The van der Waals surface area contributed by atoms with E-state index in [1.165, 1.54) is 0 Å². The van der Waals surface area contributed by atoms with Gasteiger partial charge in [-0.1, -0.05) is 0 Å². The van der Waals surface area contributed by atoms with E-state index in [1.807, 2.05) is 19.1 Å². The van der Waals surface area contributed by atoms with Crippen molar-refractivity contribution in [1.82, 2.24) is 4.90 Å². The molecule has 0 aromatic carbocycles. The van der Waals surface area contributed by atoms with E-state index in [4.69, 9.17) is 10.2 Å². The predicted octanol–water partition coefficient (Wildman–Crippen LogP) is 1.12. The molecule has 0 unspecified atom stereocenters. The molecule has 0 radical (unpaired) electrons. The highest BCUT2D eigenvalue weighted by Crippen LogP contribution is 2.34. The predicted molar refractivity (Wildman–Crippen MR) is 56.0 cm³/mol. The Labute approximate surface area is 89.0 Å². The summed E-state index contributed by atoms with van der Waals surface area (Å²) in [6, 6.07) is 3.69. The van der Waals surface area contributed by atoms with Crippen LogP contribution in [-0.2, 0) is 11.3 Å². The second-order valence-corrected chi connectivity index (χ2v) is 4.05. The molecule has 1 aliphatic rings. The van der Waals surface area contributed by atoms with Gasteiger partial charge in [-0.25, -0.2) is 0 Å². The zero-order valence-corrected chi connectivity index (χ0v) is 8.90. The summed E-state index contributed by atoms with van der Waals surface area (Å²) < 4.78 is 5.21. The van der Waals surface area contributed by atoms with Crippen molar-refractivity contribution in [2.75, 3.05) is 6.54 Å². The molecule has 15 heavy (non-hydrogen) atoms. The van der Waals surface area contributed by atoms with E-state index in [-0.39, 0.29) is 5.91 Å². The fraction of sp³-hybridized carbons (Fsp3) is 0.545. The van der Waals surface area contributed by atoms with Gasteiger partial charge in [0.25, 0.3) is 0 Å². The lowest BCUT2D eigenvalue weighted by molar-refractivity contribution is -0.134. The fourth-order valence-corrected chi connectivity index (χ4v) is 1.58. The Kier molecular flexibility index (Phi) is 2.52. The second kappa shape index (κ2) is 3.70. The van der Waals surface area contributed by atoms with Crippen molar-refractivity contribution < 1.29 is 9.21 Å². The molecule has 4 nitrogen and oxygen atoms in total. The van der Waals surface area contributed by atoms with E-state index in [0.717, 1.165) is 18.6 Å². The van der Waals surface area contributed by atoms with Crippen molar-refractivity contribution in [3.63, 3.8) is 0 Å². The normalized spacial score (nSPS) is 17.5. The molecule has 1 aromatic heterocycles. The van der Waals surface area contributed by atoms with Crippen molar-refractivity contribution >= 4 is 5.91 Å². The van der Waals surface area contributed by atoms with Crippen LogP contribution in [0.1, 0.15) is 25.5 Å². The number of rotatable bonds is 4. The Morgan fingerprint density at radius 1 is 1.67 bits per heavy atom. The minimum absolute atomic E-state index is 0.0430. The van der Waals surface area contributed by atoms with E-state index in [0.29, 0.717) is 13.1 Å². The lowest BCUT2D eigenvalue weighted by Crippen LogP contribution is -2.45. The Morgan fingerprint density at radius 2 is 2.40 bits per heavy atom. The zero-order chi connectivity index (χ0) is 10.9. The topological polar surface area (TPSA) is 59.5 Å². The van der Waals surface area contributed by atoms with Crippen LogP contribution in [-0.4, -0.2) is 22.9 Å². The number of carbonyl (C=O) groups excluding carboxylic acids is 1. The number of furan rings is 1. The average molecular weight is 208 g/mol. The van der Waals surface area contributed by atoms with E-state index in [2.05, 4.69) is 0 Å². The number of hydrogen-bond acceptors (Lipinski definition) is 3. The smallest absolute Gasteiger partial charge is 0.243 e. The number of nitrogens with two attached hydrogens (primary N) is 1. The van der Waals surface area contributed by atoms with Crippen LogP contribution in [0.25, 0.3) is 0 Å². The van der Waals surface area contributed by atoms with E-state index < -0.39 is 5.54 Å². The fourth-order valence-electron chi connectivity index (χ4n) is 1.58. The van der Waals surface area contributed by atoms with Crippen LogP contribution in [0.4, 0.5) is 0 Å². The first-order chi connectivity index (χ1) is 7.15. The molecule has 82 valence electrons. The van der Waals surface area contributed by atoms with Crippen LogP contribution in [0.2, 0.25) is 0 Å². The first-order valence-corrected chi connectivity index (χ1v) is 5.26. The molecule has 0 saturated heterocycles. The Balaban J connectivity index is 2.01. The highest BCUT2D eigenvalue weighted by atomic mass is 16.3. The maximum atomic E-state index is 11.9. The van der Waals surface area contributed by atoms with Crippen molar-refractivity contribution in [3.8, 4) is 0 Å². The lowest BCUT2D eigenvalue weighted by Gasteiger charge is -2.23. The first-order valence-electron chi connectivity index (χ1n) is 5.26. The summed E-state index contributed by atoms with van der Waals surface area (Å²) in [4.78, 5) is 13.7. The molecule has 1 heterocycles. The van der Waals surface area contributed by atoms with Crippen LogP contribution in [0.5, 0.6) is 0 Å². The van der Waals surface area contributed by atoms with E-state index >= 15 is 0 Å². The average Bonchev–Trinajstić information content (AvgIpc) is 2.80. The third kappa shape index (κ3) is 2.04. The second-order valence-electron chi connectivity index (χ2n) is 4.05. The molecule has 0 atom stereocenters. The van der Waals surface area contributed by atoms with Crippen LogP contribution >= 0.6 is 0 Å². The summed E-state index contributed by atoms with van der Waals surface area (Å²) in [6.07, 6.45) is 3.23. The number of nitrogens with zero attached hydrogens (tertiary/aromatic N) is 1. The lowest BCUT2D eigenvalue weighted by atomic mass is 10.2. The van der Waals surface area contributed by atoms with E-state index in [1.54, 1.807) is 11.2 Å². The van der Waals surface area contributed by atoms with Gasteiger partial charge in [-0.3, -0.25) is 4.79 Å². The summed E-state index contributed by atoms with van der Waals surface area (Å²) in [7, 11) is 0. The van der Waals surface area contributed by atoms with Gasteiger partial charge in [0.1, 0.15) is 5.76 Å². The largest absolute Gasteiger partial charge is 0.467 e. The molecule has 1 saturated carbocycles. The van der Waals surface area contributed by atoms with Gasteiger partial charge in [-0.05, 0) is 31.9 Å². The third-order valence-electron chi connectivity index (χ3n) is 2.81. The minimum atomic E-state index is -0.581. The molecular weight excluding hydrogens is 192 g/mol. The molecule has 1 fully saturated rings. The summed E-state index contributed by atoms with van der Waals surface area (Å²) in [5.41, 5.74) is 5.29. The van der Waals surface area contributed by atoms with Crippen molar-refractivity contribution in [2.24, 2.45) is 5.73 Å². The SMILES string of the molecule is CCN(Cc1ccco1)C(=O)C1(N)CC1. The maximum absolute atomic E-state index is 11.9. The number of carbonyl (C=O) groups is 1. The van der Waals surface area contributed by atoms with Gasteiger partial charge in [0.05, 0.1) is 18.3 Å².